The summed E-state index contributed by atoms with van der Waals surface area (Å²) in [7, 11) is 0. The lowest BCUT2D eigenvalue weighted by Crippen LogP contribution is -2.73. The Kier molecular flexibility index (Phi) is 13.1. The first-order chi connectivity index (χ1) is 26.9. The number of aliphatic hydroxyl groups is 9. The molecule has 6 rings (SSSR count). The third-order valence-corrected chi connectivity index (χ3v) is 16.9. The Hall–Kier alpha value is -1.31. The molecule has 4 saturated carbocycles. The van der Waals surface area contributed by atoms with Crippen molar-refractivity contribution in [3.63, 3.8) is 0 Å². The van der Waals surface area contributed by atoms with E-state index in [0.717, 1.165) is 12.5 Å². The number of fused-ring (bicyclic) bond motifs is 5. The lowest BCUT2D eigenvalue weighted by atomic mass is 9.34. The monoisotopic (exact) mass is 828 g/mol. The van der Waals surface area contributed by atoms with E-state index in [1.165, 1.54) is 0 Å². The van der Waals surface area contributed by atoms with Gasteiger partial charge in [-0.15, -0.1) is 0 Å². The second-order valence-electron chi connectivity index (χ2n) is 20.3. The van der Waals surface area contributed by atoms with Gasteiger partial charge in [-0.2, -0.15) is 0 Å². The molecule has 2 saturated heterocycles. The fourth-order valence-electron chi connectivity index (χ4n) is 13.4. The molecule has 15 heteroatoms. The number of carbonyl (C=O) groups is 1. The Morgan fingerprint density at radius 3 is 2.19 bits per heavy atom. The van der Waals surface area contributed by atoms with Crippen LogP contribution < -0.4 is 0 Å². The van der Waals surface area contributed by atoms with Gasteiger partial charge >= 0.3 is 5.97 Å². The highest BCUT2D eigenvalue weighted by Crippen LogP contribution is 2.77. The summed E-state index contributed by atoms with van der Waals surface area (Å²) in [6.45, 7) is 14.6. The summed E-state index contributed by atoms with van der Waals surface area (Å²) >= 11 is 0. The molecule has 0 spiro atoms. The molecule has 6 aliphatic rings. The maximum atomic E-state index is 12.9. The largest absolute Gasteiger partial charge is 0.457 e. The zero-order valence-corrected chi connectivity index (χ0v) is 35.6. The van der Waals surface area contributed by atoms with E-state index >= 15 is 0 Å². The number of esters is 1. The van der Waals surface area contributed by atoms with Gasteiger partial charge in [0.15, 0.2) is 18.7 Å². The molecule has 0 aromatic carbocycles. The van der Waals surface area contributed by atoms with E-state index in [0.29, 0.717) is 57.8 Å². The molecule has 58 heavy (non-hydrogen) atoms. The number of aliphatic hydroxyl groups excluding tert-OH is 7. The van der Waals surface area contributed by atoms with Crippen molar-refractivity contribution < 1.29 is 74.4 Å². The molecule has 6 fully saturated rings. The van der Waals surface area contributed by atoms with Gasteiger partial charge in [0.2, 0.25) is 0 Å². The van der Waals surface area contributed by atoms with E-state index in [1.54, 1.807) is 0 Å². The Bertz CT molecular complexity index is 1510. The standard InChI is InChI=1S/C43H72O15/c1-22(19-44)10-9-14-40(6,52)27-11-16-41(7)42(8)26(12-17-43(27,41)53)39(5)15-13-30(38(3,4)28(39)18-29(42)48)57-37-35(32(50)31(49)25(20-45)56-37)58-36-33(51)34(55-23(2)46)24(47)21-54-36/h10,24-37,44-45,47-53H,9,11-21H2,1-8H3/b22-10+/t24-,25+,26+,27+,28-,29-,30-,31+,32-,33+,34-,35+,36-,37-,39+,40-,41-,42-,43-/m0/s1. The summed E-state index contributed by atoms with van der Waals surface area (Å²) in [4.78, 5) is 11.7. The van der Waals surface area contributed by atoms with Crippen LogP contribution in [-0.4, -0.2) is 150 Å². The molecule has 15 nitrogen and oxygen atoms in total. The van der Waals surface area contributed by atoms with Gasteiger partial charge in [-0.3, -0.25) is 4.79 Å². The third-order valence-electron chi connectivity index (χ3n) is 16.9. The fourth-order valence-corrected chi connectivity index (χ4v) is 13.4. The second kappa shape index (κ2) is 16.4. The van der Waals surface area contributed by atoms with Crippen LogP contribution in [0, 0.1) is 39.4 Å². The minimum Gasteiger partial charge on any atom is -0.457 e. The molecule has 0 amide bonds. The van der Waals surface area contributed by atoms with Crippen LogP contribution in [0.5, 0.6) is 0 Å². The van der Waals surface area contributed by atoms with E-state index in [9.17, 15) is 50.8 Å². The van der Waals surface area contributed by atoms with Crippen molar-refractivity contribution in [2.24, 2.45) is 39.4 Å². The van der Waals surface area contributed by atoms with Crippen molar-refractivity contribution in [1.29, 1.82) is 0 Å². The minimum atomic E-state index is -1.66. The van der Waals surface area contributed by atoms with Crippen LogP contribution in [0.4, 0.5) is 0 Å². The summed E-state index contributed by atoms with van der Waals surface area (Å²) in [6.07, 6.45) is -7.31. The van der Waals surface area contributed by atoms with Crippen LogP contribution in [-0.2, 0) is 28.5 Å². The minimum absolute atomic E-state index is 0.0290. The Balaban J connectivity index is 1.23. The molecule has 2 aliphatic heterocycles. The van der Waals surface area contributed by atoms with Crippen molar-refractivity contribution in [1.82, 2.24) is 0 Å². The average molecular weight is 829 g/mol. The van der Waals surface area contributed by atoms with Gasteiger partial charge in [-0.05, 0) is 94.3 Å². The topological polar surface area (TPSA) is 245 Å². The highest BCUT2D eigenvalue weighted by molar-refractivity contribution is 5.66. The number of ether oxygens (including phenoxy) is 5. The summed E-state index contributed by atoms with van der Waals surface area (Å²) in [5, 5.41) is 100. The third kappa shape index (κ3) is 7.33. The van der Waals surface area contributed by atoms with Crippen LogP contribution in [0.2, 0.25) is 0 Å². The molecule has 0 aromatic heterocycles. The van der Waals surface area contributed by atoms with Crippen molar-refractivity contribution in [3.05, 3.63) is 11.6 Å². The first kappa shape index (κ1) is 46.2. The SMILES string of the molecule is CC(=O)O[C@@H]1[C@@H](O)[C@H](O[C@H]2[C@H](O[C@H]3CC[C@]4(C)[C@H]5CC[C@]6(O)[C@@H]([C@@](C)(O)CC/C=C(\C)CO)CC[C@@]6(C)[C@]5(C)[C@@H](O)C[C@H]4C3(C)C)O[C@H](CO)[C@@H](O)[C@@H]2O)OC[C@@H]1O. The summed E-state index contributed by atoms with van der Waals surface area (Å²) in [6, 6.07) is 0. The molecule has 0 radical (unpaired) electrons. The van der Waals surface area contributed by atoms with Gasteiger partial charge in [-0.1, -0.05) is 46.3 Å². The number of allylic oxidation sites excluding steroid dienone is 1. The lowest BCUT2D eigenvalue weighted by Gasteiger charge is -2.72. The molecule has 9 N–H and O–H groups in total. The quantitative estimate of drug-likeness (QED) is 0.0813. The number of hydrogen-bond acceptors (Lipinski definition) is 15. The number of hydrogen-bond donors (Lipinski definition) is 9. The van der Waals surface area contributed by atoms with Gasteiger partial charge < -0.3 is 69.6 Å². The van der Waals surface area contributed by atoms with E-state index in [1.807, 2.05) is 19.9 Å². The zero-order chi connectivity index (χ0) is 43.0. The molecule has 4 aliphatic carbocycles. The Morgan fingerprint density at radius 1 is 0.862 bits per heavy atom. The van der Waals surface area contributed by atoms with Crippen molar-refractivity contribution in [2.45, 2.75) is 192 Å². The average Bonchev–Trinajstić information content (AvgIpc) is 3.45. The maximum Gasteiger partial charge on any atom is 0.303 e. The van der Waals surface area contributed by atoms with Gasteiger partial charge in [0.1, 0.15) is 36.6 Å². The van der Waals surface area contributed by atoms with Gasteiger partial charge in [0, 0.05) is 23.7 Å². The highest BCUT2D eigenvalue weighted by atomic mass is 16.8. The number of carbonyl (C=O) groups excluding carboxylic acids is 1. The van der Waals surface area contributed by atoms with Crippen molar-refractivity contribution >= 4 is 5.97 Å². The first-order valence-corrected chi connectivity index (χ1v) is 21.4. The zero-order valence-electron chi connectivity index (χ0n) is 35.6. The van der Waals surface area contributed by atoms with Crippen molar-refractivity contribution in [2.75, 3.05) is 19.8 Å². The molecule has 2 heterocycles. The van der Waals surface area contributed by atoms with E-state index in [4.69, 9.17) is 23.7 Å². The highest BCUT2D eigenvalue weighted by Gasteiger charge is 2.76. The molecular weight excluding hydrogens is 756 g/mol. The fraction of sp³-hybridized carbons (Fsp3) is 0.930. The summed E-state index contributed by atoms with van der Waals surface area (Å²) in [5.41, 5.74) is -3.76. The second-order valence-corrected chi connectivity index (χ2v) is 20.3. The normalized spacial score (nSPS) is 50.3. The smallest absolute Gasteiger partial charge is 0.303 e. The predicted octanol–water partition coefficient (Wildman–Crippen LogP) is 1.45. The molecule has 19 atom stereocenters. The Labute approximate surface area is 342 Å². The van der Waals surface area contributed by atoms with Crippen LogP contribution in [0.25, 0.3) is 0 Å². The lowest BCUT2D eigenvalue weighted by molar-refractivity contribution is -0.372. The molecule has 334 valence electrons. The summed E-state index contributed by atoms with van der Waals surface area (Å²) in [5.74, 6) is -1.16. The first-order valence-electron chi connectivity index (χ1n) is 21.4. The predicted molar refractivity (Wildman–Crippen MR) is 207 cm³/mol. The van der Waals surface area contributed by atoms with E-state index < -0.39 is 108 Å². The van der Waals surface area contributed by atoms with Crippen LogP contribution in [0.15, 0.2) is 11.6 Å². The molecule has 0 aromatic rings. The Morgan fingerprint density at radius 2 is 1.55 bits per heavy atom. The van der Waals surface area contributed by atoms with Crippen LogP contribution in [0.1, 0.15) is 113 Å². The van der Waals surface area contributed by atoms with Crippen molar-refractivity contribution in [3.8, 4) is 0 Å². The number of rotatable bonds is 11. The van der Waals surface area contributed by atoms with Gasteiger partial charge in [0.05, 0.1) is 43.2 Å². The van der Waals surface area contributed by atoms with E-state index in [-0.39, 0.29) is 36.4 Å². The summed E-state index contributed by atoms with van der Waals surface area (Å²) < 4.78 is 29.5. The van der Waals surface area contributed by atoms with Gasteiger partial charge in [0.25, 0.3) is 0 Å². The van der Waals surface area contributed by atoms with E-state index in [2.05, 4.69) is 34.6 Å². The molecular formula is C43H72O15. The van der Waals surface area contributed by atoms with Crippen LogP contribution >= 0.6 is 0 Å². The van der Waals surface area contributed by atoms with Crippen LogP contribution in [0.3, 0.4) is 0 Å². The molecule has 0 unspecified atom stereocenters. The van der Waals surface area contributed by atoms with Gasteiger partial charge in [-0.25, -0.2) is 0 Å². The maximum absolute atomic E-state index is 12.9. The molecule has 0 bridgehead atoms.